The minimum Gasteiger partial charge on any atom is -0.459 e. The highest BCUT2D eigenvalue weighted by atomic mass is 32.2. The van der Waals surface area contributed by atoms with Crippen molar-refractivity contribution in [2.75, 3.05) is 5.73 Å². The Hall–Kier alpha value is -1.94. The zero-order valence-electron chi connectivity index (χ0n) is 12.2. The van der Waals surface area contributed by atoms with E-state index in [1.165, 1.54) is 0 Å². The number of carbonyl (C=O) groups excluding carboxylic acids is 1. The highest BCUT2D eigenvalue weighted by Crippen LogP contribution is 2.27. The monoisotopic (exact) mass is 301 g/mol. The molecule has 2 aromatic rings. The van der Waals surface area contributed by atoms with Crippen molar-refractivity contribution in [3.05, 3.63) is 59.7 Å². The van der Waals surface area contributed by atoms with Gasteiger partial charge >= 0.3 is 5.97 Å². The Labute approximate surface area is 129 Å². The van der Waals surface area contributed by atoms with Gasteiger partial charge < -0.3 is 10.5 Å². The molecule has 2 N–H and O–H groups in total. The summed E-state index contributed by atoms with van der Waals surface area (Å²) in [7, 11) is 0. The van der Waals surface area contributed by atoms with Gasteiger partial charge in [-0.2, -0.15) is 0 Å². The fraction of sp³-hybridized carbons (Fsp3) is 0.235. The molecule has 0 bridgehead atoms. The fourth-order valence-electron chi connectivity index (χ4n) is 1.84. The molecule has 110 valence electrons. The standard InChI is InChI=1S/C17H19NO2S/c1-12(2)20-17(19)14-7-5-6-13(10-14)11-21-16-9-4-3-8-15(16)18/h3-10,12H,11,18H2,1-2H3. The van der Waals surface area contributed by atoms with Gasteiger partial charge in [-0.1, -0.05) is 24.3 Å². The second-order valence-corrected chi connectivity index (χ2v) is 6.00. The Kier molecular flexibility index (Phi) is 5.28. The van der Waals surface area contributed by atoms with Crippen molar-refractivity contribution in [3.8, 4) is 0 Å². The van der Waals surface area contributed by atoms with Crippen LogP contribution < -0.4 is 5.73 Å². The van der Waals surface area contributed by atoms with Crippen molar-refractivity contribution in [2.24, 2.45) is 0 Å². The van der Waals surface area contributed by atoms with Crippen LogP contribution in [0, 0.1) is 0 Å². The Balaban J connectivity index is 2.04. The topological polar surface area (TPSA) is 52.3 Å². The molecule has 0 radical (unpaired) electrons. The molecule has 0 saturated carbocycles. The molecule has 0 fully saturated rings. The van der Waals surface area contributed by atoms with Crippen LogP contribution in [-0.4, -0.2) is 12.1 Å². The van der Waals surface area contributed by atoms with E-state index in [-0.39, 0.29) is 12.1 Å². The molecule has 0 aromatic heterocycles. The lowest BCUT2D eigenvalue weighted by Crippen LogP contribution is -2.11. The molecule has 0 saturated heterocycles. The minimum absolute atomic E-state index is 0.111. The highest BCUT2D eigenvalue weighted by Gasteiger charge is 2.09. The van der Waals surface area contributed by atoms with Gasteiger partial charge in [0.2, 0.25) is 0 Å². The summed E-state index contributed by atoms with van der Waals surface area (Å²) in [4.78, 5) is 12.9. The maximum Gasteiger partial charge on any atom is 0.338 e. The minimum atomic E-state index is -0.281. The van der Waals surface area contributed by atoms with E-state index in [1.807, 2.05) is 56.3 Å². The average molecular weight is 301 g/mol. The number of hydrogen-bond donors (Lipinski definition) is 1. The number of thioether (sulfide) groups is 1. The van der Waals surface area contributed by atoms with Crippen molar-refractivity contribution in [1.82, 2.24) is 0 Å². The first kappa shape index (κ1) is 15.4. The van der Waals surface area contributed by atoms with Crippen LogP contribution >= 0.6 is 11.8 Å². The van der Waals surface area contributed by atoms with Crippen molar-refractivity contribution < 1.29 is 9.53 Å². The van der Waals surface area contributed by atoms with E-state index in [0.29, 0.717) is 5.56 Å². The predicted molar refractivity (Wildman–Crippen MR) is 87.4 cm³/mol. The van der Waals surface area contributed by atoms with Crippen LogP contribution in [0.15, 0.2) is 53.4 Å². The number of esters is 1. The van der Waals surface area contributed by atoms with Gasteiger partial charge in [0.1, 0.15) is 0 Å². The Morgan fingerprint density at radius 1 is 1.19 bits per heavy atom. The van der Waals surface area contributed by atoms with Gasteiger partial charge in [-0.15, -0.1) is 11.8 Å². The third-order valence-corrected chi connectivity index (χ3v) is 3.98. The van der Waals surface area contributed by atoms with Gasteiger partial charge in [-0.05, 0) is 43.7 Å². The van der Waals surface area contributed by atoms with Gasteiger partial charge in [0.15, 0.2) is 0 Å². The molecule has 3 nitrogen and oxygen atoms in total. The second-order valence-electron chi connectivity index (χ2n) is 4.98. The molecule has 0 heterocycles. The molecule has 0 amide bonds. The molecule has 2 rings (SSSR count). The molecular formula is C17H19NO2S. The smallest absolute Gasteiger partial charge is 0.338 e. The van der Waals surface area contributed by atoms with Crippen molar-refractivity contribution >= 4 is 23.4 Å². The van der Waals surface area contributed by atoms with Crippen molar-refractivity contribution in [2.45, 2.75) is 30.6 Å². The van der Waals surface area contributed by atoms with Crippen LogP contribution in [0.4, 0.5) is 5.69 Å². The van der Waals surface area contributed by atoms with Crippen LogP contribution in [0.3, 0.4) is 0 Å². The van der Waals surface area contributed by atoms with E-state index >= 15 is 0 Å². The summed E-state index contributed by atoms with van der Waals surface area (Å²) < 4.78 is 5.21. The molecule has 4 heteroatoms. The molecule has 0 atom stereocenters. The molecular weight excluding hydrogens is 282 g/mol. The summed E-state index contributed by atoms with van der Waals surface area (Å²) >= 11 is 1.66. The Morgan fingerprint density at radius 3 is 2.67 bits per heavy atom. The van der Waals surface area contributed by atoms with E-state index in [9.17, 15) is 4.79 Å². The number of rotatable bonds is 5. The number of carbonyl (C=O) groups is 1. The van der Waals surface area contributed by atoms with E-state index in [1.54, 1.807) is 17.8 Å². The van der Waals surface area contributed by atoms with Crippen LogP contribution in [0.5, 0.6) is 0 Å². The van der Waals surface area contributed by atoms with Crippen molar-refractivity contribution in [3.63, 3.8) is 0 Å². The number of nitrogens with two attached hydrogens (primary N) is 1. The van der Waals surface area contributed by atoms with E-state index in [2.05, 4.69) is 0 Å². The summed E-state index contributed by atoms with van der Waals surface area (Å²) in [5, 5.41) is 0. The van der Waals surface area contributed by atoms with Crippen molar-refractivity contribution in [1.29, 1.82) is 0 Å². The van der Waals surface area contributed by atoms with Gasteiger partial charge in [-0.25, -0.2) is 4.79 Å². The Bertz CT molecular complexity index is 626. The first-order valence-electron chi connectivity index (χ1n) is 6.83. The summed E-state index contributed by atoms with van der Waals surface area (Å²) in [6.07, 6.45) is -0.111. The SMILES string of the molecule is CC(C)OC(=O)c1cccc(CSc2ccccc2N)c1. The molecule has 0 spiro atoms. The third kappa shape index (κ3) is 4.53. The lowest BCUT2D eigenvalue weighted by Gasteiger charge is -2.09. The largest absolute Gasteiger partial charge is 0.459 e. The second kappa shape index (κ2) is 7.18. The normalized spacial score (nSPS) is 10.6. The third-order valence-electron chi connectivity index (χ3n) is 2.82. The first-order chi connectivity index (χ1) is 10.1. The number of benzene rings is 2. The van der Waals surface area contributed by atoms with E-state index < -0.39 is 0 Å². The number of para-hydroxylation sites is 1. The molecule has 0 unspecified atom stereocenters. The zero-order chi connectivity index (χ0) is 15.2. The lowest BCUT2D eigenvalue weighted by atomic mass is 10.1. The van der Waals surface area contributed by atoms with Gasteiger partial charge in [0.25, 0.3) is 0 Å². The fourth-order valence-corrected chi connectivity index (χ4v) is 2.75. The van der Waals surface area contributed by atoms with E-state index in [0.717, 1.165) is 21.9 Å². The lowest BCUT2D eigenvalue weighted by molar-refractivity contribution is 0.0378. The Morgan fingerprint density at radius 2 is 1.95 bits per heavy atom. The average Bonchev–Trinajstić information content (AvgIpc) is 2.46. The van der Waals surface area contributed by atoms with Crippen LogP contribution in [0.25, 0.3) is 0 Å². The summed E-state index contributed by atoms with van der Waals surface area (Å²) in [5.41, 5.74) is 8.36. The zero-order valence-corrected chi connectivity index (χ0v) is 13.0. The van der Waals surface area contributed by atoms with Gasteiger partial charge in [0, 0.05) is 16.3 Å². The van der Waals surface area contributed by atoms with E-state index in [4.69, 9.17) is 10.5 Å². The quantitative estimate of drug-likeness (QED) is 0.512. The maximum absolute atomic E-state index is 11.9. The summed E-state index contributed by atoms with van der Waals surface area (Å²) in [5.74, 6) is 0.480. The van der Waals surface area contributed by atoms with Gasteiger partial charge in [-0.3, -0.25) is 0 Å². The number of nitrogen functional groups attached to an aromatic ring is 1. The van der Waals surface area contributed by atoms with Gasteiger partial charge in [0.05, 0.1) is 11.7 Å². The molecule has 0 aliphatic carbocycles. The molecule has 21 heavy (non-hydrogen) atoms. The summed E-state index contributed by atoms with van der Waals surface area (Å²) in [6, 6.07) is 15.3. The number of ether oxygens (including phenoxy) is 1. The van der Waals surface area contributed by atoms with Crippen LogP contribution in [0.2, 0.25) is 0 Å². The maximum atomic E-state index is 11.9. The van der Waals surface area contributed by atoms with Crippen LogP contribution in [-0.2, 0) is 10.5 Å². The molecule has 2 aromatic carbocycles. The number of anilines is 1. The first-order valence-corrected chi connectivity index (χ1v) is 7.82. The molecule has 0 aliphatic heterocycles. The highest BCUT2D eigenvalue weighted by molar-refractivity contribution is 7.98. The molecule has 0 aliphatic rings. The summed E-state index contributed by atoms with van der Waals surface area (Å²) in [6.45, 7) is 3.69. The number of hydrogen-bond acceptors (Lipinski definition) is 4. The predicted octanol–water partition coefficient (Wildman–Crippen LogP) is 4.13. The van der Waals surface area contributed by atoms with Crippen LogP contribution in [0.1, 0.15) is 29.8 Å².